The fourth-order valence-corrected chi connectivity index (χ4v) is 3.23. The molecule has 0 atom stereocenters. The molecule has 1 aromatic rings. The van der Waals surface area contributed by atoms with Crippen LogP contribution >= 0.6 is 0 Å². The molecule has 1 amide bonds. The summed E-state index contributed by atoms with van der Waals surface area (Å²) < 4.78 is 13.5. The summed E-state index contributed by atoms with van der Waals surface area (Å²) in [5.41, 5.74) is 6.13. The Morgan fingerprint density at radius 2 is 1.90 bits per heavy atom. The van der Waals surface area contributed by atoms with Crippen LogP contribution in [0.5, 0.6) is 0 Å². The lowest BCUT2D eigenvalue weighted by Crippen LogP contribution is -2.35. The van der Waals surface area contributed by atoms with Crippen molar-refractivity contribution in [1.29, 1.82) is 0 Å². The highest BCUT2D eigenvalue weighted by molar-refractivity contribution is 5.98. The second kappa shape index (κ2) is 5.41. The van der Waals surface area contributed by atoms with E-state index in [4.69, 9.17) is 5.73 Å². The number of amides is 1. The molecular formula is C17H25FN2O. The summed E-state index contributed by atoms with van der Waals surface area (Å²) >= 11 is 0. The number of hydrogen-bond donors (Lipinski definition) is 1. The molecule has 3 nitrogen and oxygen atoms in total. The normalized spacial score (nSPS) is 19.3. The van der Waals surface area contributed by atoms with Gasteiger partial charge in [-0.25, -0.2) is 4.39 Å². The Morgan fingerprint density at radius 3 is 2.38 bits per heavy atom. The monoisotopic (exact) mass is 292 g/mol. The van der Waals surface area contributed by atoms with Crippen molar-refractivity contribution in [3.8, 4) is 0 Å². The van der Waals surface area contributed by atoms with Crippen LogP contribution in [0.4, 0.5) is 10.1 Å². The summed E-state index contributed by atoms with van der Waals surface area (Å²) in [5, 5.41) is 0. The molecule has 1 aliphatic carbocycles. The molecule has 0 unspecified atom stereocenters. The molecule has 1 fully saturated rings. The van der Waals surface area contributed by atoms with E-state index in [1.54, 1.807) is 17.0 Å². The SMILES string of the molecule is CC1(C)C(C(=O)N(CCCN)c2cccc(F)c2)C1(C)C. The lowest BCUT2D eigenvalue weighted by molar-refractivity contribution is -0.120. The molecule has 1 aromatic carbocycles. The molecule has 0 radical (unpaired) electrons. The topological polar surface area (TPSA) is 46.3 Å². The first-order valence-corrected chi connectivity index (χ1v) is 7.50. The van der Waals surface area contributed by atoms with Crippen LogP contribution in [-0.2, 0) is 4.79 Å². The molecular weight excluding hydrogens is 267 g/mol. The number of carbonyl (C=O) groups is 1. The van der Waals surface area contributed by atoms with Gasteiger partial charge in [0.15, 0.2) is 0 Å². The number of nitrogens with two attached hydrogens (primary N) is 1. The Labute approximate surface area is 126 Å². The summed E-state index contributed by atoms with van der Waals surface area (Å²) in [4.78, 5) is 14.6. The number of carbonyl (C=O) groups excluding carboxylic acids is 1. The minimum absolute atomic E-state index is 0.0294. The van der Waals surface area contributed by atoms with Crippen molar-refractivity contribution in [3.05, 3.63) is 30.1 Å². The van der Waals surface area contributed by atoms with E-state index in [0.717, 1.165) is 0 Å². The third kappa shape index (κ3) is 2.69. The first-order chi connectivity index (χ1) is 9.73. The van der Waals surface area contributed by atoms with Gasteiger partial charge in [0.1, 0.15) is 5.82 Å². The minimum Gasteiger partial charge on any atom is -0.330 e. The van der Waals surface area contributed by atoms with Crippen LogP contribution in [0.25, 0.3) is 0 Å². The predicted octanol–water partition coefficient (Wildman–Crippen LogP) is 3.19. The van der Waals surface area contributed by atoms with Crippen molar-refractivity contribution in [2.45, 2.75) is 34.1 Å². The second-order valence-electron chi connectivity index (χ2n) is 6.99. The lowest BCUT2D eigenvalue weighted by atomic mass is 10.0. The number of hydrogen-bond acceptors (Lipinski definition) is 2. The maximum Gasteiger partial charge on any atom is 0.231 e. The predicted molar refractivity (Wildman–Crippen MR) is 83.5 cm³/mol. The average molecular weight is 292 g/mol. The van der Waals surface area contributed by atoms with Crippen LogP contribution in [0, 0.1) is 22.6 Å². The first kappa shape index (κ1) is 16.0. The summed E-state index contributed by atoms with van der Waals surface area (Å²) in [6.07, 6.45) is 0.704. The Bertz CT molecular complexity index is 525. The minimum atomic E-state index is -0.327. The van der Waals surface area contributed by atoms with Crippen molar-refractivity contribution in [3.63, 3.8) is 0 Å². The zero-order valence-corrected chi connectivity index (χ0v) is 13.3. The van der Waals surface area contributed by atoms with E-state index >= 15 is 0 Å². The van der Waals surface area contributed by atoms with Crippen LogP contribution in [0.2, 0.25) is 0 Å². The number of anilines is 1. The van der Waals surface area contributed by atoms with E-state index in [1.165, 1.54) is 12.1 Å². The summed E-state index contributed by atoms with van der Waals surface area (Å²) in [6, 6.07) is 6.22. The van der Waals surface area contributed by atoms with Gasteiger partial charge >= 0.3 is 0 Å². The van der Waals surface area contributed by atoms with Crippen LogP contribution in [0.1, 0.15) is 34.1 Å². The summed E-state index contributed by atoms with van der Waals surface area (Å²) in [5.74, 6) is -0.289. The van der Waals surface area contributed by atoms with Crippen molar-refractivity contribution in [2.24, 2.45) is 22.5 Å². The van der Waals surface area contributed by atoms with Gasteiger partial charge in [-0.3, -0.25) is 4.79 Å². The highest BCUT2D eigenvalue weighted by atomic mass is 19.1. The van der Waals surface area contributed by atoms with E-state index < -0.39 is 0 Å². The molecule has 1 saturated carbocycles. The van der Waals surface area contributed by atoms with E-state index in [0.29, 0.717) is 25.2 Å². The summed E-state index contributed by atoms with van der Waals surface area (Å²) in [6.45, 7) is 9.49. The van der Waals surface area contributed by atoms with E-state index in [-0.39, 0.29) is 28.5 Å². The Hall–Kier alpha value is -1.42. The third-order valence-electron chi connectivity index (χ3n) is 5.24. The highest BCUT2D eigenvalue weighted by Crippen LogP contribution is 2.68. The van der Waals surface area contributed by atoms with Crippen molar-refractivity contribution < 1.29 is 9.18 Å². The number of nitrogens with zero attached hydrogens (tertiary/aromatic N) is 1. The molecule has 0 saturated heterocycles. The molecule has 4 heteroatoms. The Balaban J connectivity index is 2.27. The van der Waals surface area contributed by atoms with Gasteiger partial charge in [-0.05, 0) is 42.0 Å². The van der Waals surface area contributed by atoms with Crippen LogP contribution in [0.15, 0.2) is 24.3 Å². The van der Waals surface area contributed by atoms with Gasteiger partial charge in [0, 0.05) is 18.2 Å². The molecule has 0 bridgehead atoms. The van der Waals surface area contributed by atoms with E-state index in [9.17, 15) is 9.18 Å². The molecule has 0 spiro atoms. The zero-order valence-electron chi connectivity index (χ0n) is 13.3. The van der Waals surface area contributed by atoms with Gasteiger partial charge in [-0.2, -0.15) is 0 Å². The van der Waals surface area contributed by atoms with Gasteiger partial charge in [-0.1, -0.05) is 33.8 Å². The number of rotatable bonds is 5. The van der Waals surface area contributed by atoms with E-state index in [2.05, 4.69) is 27.7 Å². The second-order valence-corrected chi connectivity index (χ2v) is 6.99. The Kier molecular flexibility index (Phi) is 4.11. The van der Waals surface area contributed by atoms with Gasteiger partial charge in [-0.15, -0.1) is 0 Å². The van der Waals surface area contributed by atoms with Gasteiger partial charge in [0.05, 0.1) is 0 Å². The third-order valence-corrected chi connectivity index (χ3v) is 5.24. The average Bonchev–Trinajstić information content (AvgIpc) is 2.80. The molecule has 21 heavy (non-hydrogen) atoms. The lowest BCUT2D eigenvalue weighted by Gasteiger charge is -2.24. The molecule has 1 aliphatic rings. The molecule has 0 heterocycles. The summed E-state index contributed by atoms with van der Waals surface area (Å²) in [7, 11) is 0. The van der Waals surface area contributed by atoms with Crippen LogP contribution < -0.4 is 10.6 Å². The number of halogens is 1. The zero-order chi connectivity index (χ0) is 15.8. The standard InChI is InChI=1S/C17H25FN2O/c1-16(2)14(17(16,3)4)15(21)20(10-6-9-19)13-8-5-7-12(18)11-13/h5,7-8,11,14H,6,9-10,19H2,1-4H3. The van der Waals surface area contributed by atoms with Gasteiger partial charge < -0.3 is 10.6 Å². The Morgan fingerprint density at radius 1 is 1.29 bits per heavy atom. The van der Waals surface area contributed by atoms with Crippen molar-refractivity contribution in [1.82, 2.24) is 0 Å². The van der Waals surface area contributed by atoms with Gasteiger partial charge in [0.25, 0.3) is 0 Å². The maximum atomic E-state index is 13.5. The van der Waals surface area contributed by atoms with E-state index in [1.807, 2.05) is 0 Å². The van der Waals surface area contributed by atoms with Crippen molar-refractivity contribution >= 4 is 11.6 Å². The fraction of sp³-hybridized carbons (Fsp3) is 0.588. The van der Waals surface area contributed by atoms with Crippen LogP contribution in [0.3, 0.4) is 0 Å². The molecule has 0 aliphatic heterocycles. The smallest absolute Gasteiger partial charge is 0.231 e. The van der Waals surface area contributed by atoms with Crippen molar-refractivity contribution in [2.75, 3.05) is 18.0 Å². The van der Waals surface area contributed by atoms with Gasteiger partial charge in [0.2, 0.25) is 5.91 Å². The quantitative estimate of drug-likeness (QED) is 0.906. The molecule has 2 N–H and O–H groups in total. The molecule has 2 rings (SSSR count). The fourth-order valence-electron chi connectivity index (χ4n) is 3.23. The molecule has 116 valence electrons. The largest absolute Gasteiger partial charge is 0.330 e. The first-order valence-electron chi connectivity index (χ1n) is 7.50. The van der Waals surface area contributed by atoms with Crippen LogP contribution in [-0.4, -0.2) is 19.0 Å². The highest BCUT2D eigenvalue weighted by Gasteiger charge is 2.68. The molecule has 0 aromatic heterocycles. The maximum absolute atomic E-state index is 13.5. The number of benzene rings is 1.